The monoisotopic (exact) mass is 1020 g/mol. The first-order chi connectivity index (χ1) is 37.7. The topological polar surface area (TPSA) is 35.6 Å². The summed E-state index contributed by atoms with van der Waals surface area (Å²) in [6, 6.07) is 68.4. The van der Waals surface area contributed by atoms with Crippen molar-refractivity contribution in [2.75, 3.05) is 0 Å². The van der Waals surface area contributed by atoms with Crippen LogP contribution in [0, 0.1) is 0 Å². The Hall–Kier alpha value is -8.28. The van der Waals surface area contributed by atoms with E-state index in [0.29, 0.717) is 0 Å². The van der Waals surface area contributed by atoms with E-state index in [0.717, 1.165) is 11.3 Å². The number of nitrogens with zero attached hydrogens (tertiary/aromatic N) is 4. The van der Waals surface area contributed by atoms with E-state index in [1.807, 2.05) is 6.20 Å². The second-order valence-electron chi connectivity index (χ2n) is 26.8. The summed E-state index contributed by atoms with van der Waals surface area (Å²) in [6.07, 6.45) is 3.54. The van der Waals surface area contributed by atoms with Gasteiger partial charge in [0.2, 0.25) is 0 Å². The standard InChI is InChI=1S/C74H67BN4/c1-71(2,3)53-23-13-44(14-24-53)48-21-31-64-57(35-48)59-37-50(46-17-27-55(28-18-46)73(7,8)9)39-61-69(59)78(64)66-41-52(63-33-34-76-43-77-63)42-67-68(66)75(61)62-40-51(47-19-29-56(30-20-47)74(10,11)12)38-60-58-36-49(22-32-65(58)79(67)70(60)62)45-15-25-54(26-16-45)72(4,5)6/h13-43H,1-12H3. The molecule has 12 aromatic rings. The number of fused-ring (bicyclic) bond motifs is 10. The van der Waals surface area contributed by atoms with Crippen molar-refractivity contribution in [1.82, 2.24) is 19.1 Å². The van der Waals surface area contributed by atoms with Gasteiger partial charge in [-0.05, 0) is 159 Å². The molecule has 0 N–H and O–H groups in total. The summed E-state index contributed by atoms with van der Waals surface area (Å²) >= 11 is 0. The second kappa shape index (κ2) is 17.1. The Labute approximate surface area is 465 Å². The summed E-state index contributed by atoms with van der Waals surface area (Å²) in [5, 5.41) is 5.00. The Morgan fingerprint density at radius 1 is 0.329 bits per heavy atom. The summed E-state index contributed by atoms with van der Waals surface area (Å²) in [7, 11) is 0. The maximum atomic E-state index is 4.93. The van der Waals surface area contributed by atoms with Crippen LogP contribution in [0.25, 0.3) is 111 Å². The van der Waals surface area contributed by atoms with Gasteiger partial charge >= 0.3 is 0 Å². The molecule has 0 atom stereocenters. The van der Waals surface area contributed by atoms with Gasteiger partial charge in [-0.1, -0.05) is 204 Å². The molecular formula is C74H67BN4. The van der Waals surface area contributed by atoms with Crippen LogP contribution in [0.2, 0.25) is 0 Å². The number of rotatable bonds is 5. The Balaban J connectivity index is 1.10. The smallest absolute Gasteiger partial charge is 0.252 e. The Morgan fingerprint density at radius 2 is 0.671 bits per heavy atom. The van der Waals surface area contributed by atoms with Crippen LogP contribution in [0.1, 0.15) is 105 Å². The van der Waals surface area contributed by atoms with E-state index in [1.54, 1.807) is 6.33 Å². The fourth-order valence-corrected chi connectivity index (χ4v) is 13.0. The molecule has 3 aromatic heterocycles. The minimum Gasteiger partial charge on any atom is -0.310 e. The van der Waals surface area contributed by atoms with E-state index in [2.05, 4.69) is 273 Å². The number of hydrogen-bond donors (Lipinski definition) is 0. The van der Waals surface area contributed by atoms with Crippen LogP contribution in [-0.4, -0.2) is 25.8 Å². The van der Waals surface area contributed by atoms with Crippen molar-refractivity contribution in [3.63, 3.8) is 0 Å². The lowest BCUT2D eigenvalue weighted by molar-refractivity contribution is 0.590. The molecule has 0 saturated heterocycles. The third-order valence-corrected chi connectivity index (χ3v) is 17.5. The van der Waals surface area contributed by atoms with Crippen LogP contribution in [0.4, 0.5) is 0 Å². The summed E-state index contributed by atoms with van der Waals surface area (Å²) in [5.74, 6) is 0. The number of benzene rings is 9. The first-order valence-corrected chi connectivity index (χ1v) is 28.3. The van der Waals surface area contributed by atoms with Gasteiger partial charge in [0.1, 0.15) is 6.33 Å². The van der Waals surface area contributed by atoms with E-state index >= 15 is 0 Å². The molecule has 0 radical (unpaired) electrons. The summed E-state index contributed by atoms with van der Waals surface area (Å²) in [6.45, 7) is 27.4. The zero-order valence-electron chi connectivity index (χ0n) is 47.8. The van der Waals surface area contributed by atoms with Crippen molar-refractivity contribution in [1.29, 1.82) is 0 Å². The van der Waals surface area contributed by atoms with Gasteiger partial charge in [0.25, 0.3) is 6.71 Å². The minimum atomic E-state index is -0.0977. The van der Waals surface area contributed by atoms with Crippen LogP contribution >= 0.6 is 0 Å². The van der Waals surface area contributed by atoms with E-state index in [1.165, 1.54) is 138 Å². The van der Waals surface area contributed by atoms with E-state index in [4.69, 9.17) is 4.98 Å². The molecule has 4 nitrogen and oxygen atoms in total. The summed E-state index contributed by atoms with van der Waals surface area (Å²) < 4.78 is 5.20. The molecule has 0 amide bonds. The second-order valence-corrected chi connectivity index (χ2v) is 26.8. The summed E-state index contributed by atoms with van der Waals surface area (Å²) in [5.41, 5.74) is 28.4. The van der Waals surface area contributed by atoms with Gasteiger partial charge in [-0.15, -0.1) is 0 Å². The van der Waals surface area contributed by atoms with Crippen LogP contribution in [0.5, 0.6) is 0 Å². The molecular weight excluding hydrogens is 956 g/mol. The lowest BCUT2D eigenvalue weighted by atomic mass is 9.34. The molecule has 0 unspecified atom stereocenters. The Kier molecular flexibility index (Phi) is 10.6. The normalized spacial score (nSPS) is 13.3. The van der Waals surface area contributed by atoms with Crippen molar-refractivity contribution in [2.45, 2.75) is 105 Å². The largest absolute Gasteiger partial charge is 0.310 e. The lowest BCUT2D eigenvalue weighted by Crippen LogP contribution is -2.59. The molecule has 2 aliphatic heterocycles. The molecule has 0 bridgehead atoms. The van der Waals surface area contributed by atoms with Gasteiger partial charge in [-0.25, -0.2) is 9.97 Å². The predicted molar refractivity (Wildman–Crippen MR) is 337 cm³/mol. The fourth-order valence-electron chi connectivity index (χ4n) is 13.0. The number of hydrogen-bond acceptors (Lipinski definition) is 2. The average molecular weight is 1020 g/mol. The SMILES string of the molecule is CC(C)(C)c1ccc(-c2ccc3c(c2)c2cc(-c4ccc(C(C)(C)C)cc4)cc4c2n3-c2cc(-c3ccncn3)cc3c2B4c2cc(-c4ccc(C(C)(C)C)cc4)cc4c5cc(-c6ccc(C(C)(C)C)cc6)ccc5n-3c24)cc1. The molecule has 5 heterocycles. The van der Waals surface area contributed by atoms with Crippen LogP contribution in [0.3, 0.4) is 0 Å². The molecule has 0 aliphatic carbocycles. The highest BCUT2D eigenvalue weighted by molar-refractivity contribution is 7.00. The minimum absolute atomic E-state index is 0.0375. The van der Waals surface area contributed by atoms with E-state index < -0.39 is 0 Å². The highest BCUT2D eigenvalue weighted by Crippen LogP contribution is 2.45. The molecule has 5 heteroatoms. The highest BCUT2D eigenvalue weighted by atomic mass is 15.0. The predicted octanol–water partition coefficient (Wildman–Crippen LogP) is 17.3. The summed E-state index contributed by atoms with van der Waals surface area (Å²) in [4.78, 5) is 9.32. The third kappa shape index (κ3) is 7.86. The van der Waals surface area contributed by atoms with Crippen molar-refractivity contribution in [2.24, 2.45) is 0 Å². The first kappa shape index (κ1) is 49.1. The van der Waals surface area contributed by atoms with Gasteiger partial charge in [-0.3, -0.25) is 0 Å². The lowest BCUT2D eigenvalue weighted by Gasteiger charge is -2.34. The van der Waals surface area contributed by atoms with Crippen molar-refractivity contribution in [3.05, 3.63) is 211 Å². The fraction of sp³-hybridized carbons (Fsp3) is 0.216. The maximum absolute atomic E-state index is 4.93. The van der Waals surface area contributed by atoms with Gasteiger partial charge in [-0.2, -0.15) is 0 Å². The van der Waals surface area contributed by atoms with Crippen LogP contribution < -0.4 is 16.4 Å². The highest BCUT2D eigenvalue weighted by Gasteiger charge is 2.42. The zero-order valence-corrected chi connectivity index (χ0v) is 47.8. The average Bonchev–Trinajstić information content (AvgIpc) is 4.02. The molecule has 0 spiro atoms. The van der Waals surface area contributed by atoms with Gasteiger partial charge in [0.15, 0.2) is 0 Å². The van der Waals surface area contributed by atoms with Crippen molar-refractivity contribution >= 4 is 66.7 Å². The molecule has 79 heavy (non-hydrogen) atoms. The zero-order chi connectivity index (χ0) is 54.7. The van der Waals surface area contributed by atoms with Crippen molar-refractivity contribution in [3.8, 4) is 67.1 Å². The number of aromatic nitrogens is 4. The molecule has 2 aliphatic rings. The van der Waals surface area contributed by atoms with E-state index in [9.17, 15) is 0 Å². The molecule has 0 fully saturated rings. The maximum Gasteiger partial charge on any atom is 0.252 e. The van der Waals surface area contributed by atoms with Crippen LogP contribution in [0.15, 0.2) is 188 Å². The van der Waals surface area contributed by atoms with Crippen molar-refractivity contribution < 1.29 is 0 Å². The molecule has 386 valence electrons. The van der Waals surface area contributed by atoms with Gasteiger partial charge in [0, 0.05) is 55.7 Å². The van der Waals surface area contributed by atoms with E-state index in [-0.39, 0.29) is 28.4 Å². The third-order valence-electron chi connectivity index (χ3n) is 17.5. The first-order valence-electron chi connectivity index (χ1n) is 28.3. The quantitative estimate of drug-likeness (QED) is 0.161. The van der Waals surface area contributed by atoms with Gasteiger partial charge < -0.3 is 9.13 Å². The molecule has 9 aromatic carbocycles. The Bertz CT molecular complexity index is 4190. The molecule has 0 saturated carbocycles. The molecule has 14 rings (SSSR count). The Morgan fingerprint density at radius 3 is 1.01 bits per heavy atom. The van der Waals surface area contributed by atoms with Crippen LogP contribution in [-0.2, 0) is 21.7 Å². The van der Waals surface area contributed by atoms with Gasteiger partial charge in [0.05, 0.1) is 16.7 Å².